The van der Waals surface area contributed by atoms with Gasteiger partial charge in [0.15, 0.2) is 5.65 Å². The van der Waals surface area contributed by atoms with Gasteiger partial charge in [0.25, 0.3) is 5.91 Å². The summed E-state index contributed by atoms with van der Waals surface area (Å²) in [5.74, 6) is -4.00. The molecule has 44 heavy (non-hydrogen) atoms. The first-order valence-electron chi connectivity index (χ1n) is 15.2. The van der Waals surface area contributed by atoms with Gasteiger partial charge in [0.1, 0.15) is 5.69 Å². The van der Waals surface area contributed by atoms with Crippen LogP contribution in [0.1, 0.15) is 112 Å². The summed E-state index contributed by atoms with van der Waals surface area (Å²) in [4.78, 5) is 30.9. The zero-order valence-corrected chi connectivity index (χ0v) is 24.6. The number of carbonyl (C=O) groups excluding carboxylic acids is 2. The molecule has 3 aromatic rings. The van der Waals surface area contributed by atoms with E-state index in [-0.39, 0.29) is 56.4 Å². The maximum atomic E-state index is 14.1. The molecule has 2 N–H and O–H groups in total. The Morgan fingerprint density at radius 1 is 1.00 bits per heavy atom. The van der Waals surface area contributed by atoms with Crippen LogP contribution < -0.4 is 10.6 Å². The minimum atomic E-state index is -4.42. The Hall–Kier alpha value is -3.58. The molecule has 0 spiro atoms. The van der Waals surface area contributed by atoms with Crippen molar-refractivity contribution in [2.45, 2.75) is 102 Å². The third kappa shape index (κ3) is 6.16. The van der Waals surface area contributed by atoms with Gasteiger partial charge >= 0.3 is 6.18 Å². The Morgan fingerprint density at radius 2 is 1.68 bits per heavy atom. The smallest absolute Gasteiger partial charge is 0.349 e. The maximum absolute atomic E-state index is 14.1. The van der Waals surface area contributed by atoms with Crippen molar-refractivity contribution in [1.82, 2.24) is 35.0 Å². The average Bonchev–Trinajstić information content (AvgIpc) is 3.85. The zero-order chi connectivity index (χ0) is 31.4. The molecule has 3 aliphatic carbocycles. The lowest BCUT2D eigenvalue weighted by atomic mass is 9.81. The van der Waals surface area contributed by atoms with E-state index in [0.29, 0.717) is 22.6 Å². The highest BCUT2D eigenvalue weighted by molar-refractivity contribution is 5.92. The minimum Gasteiger partial charge on any atom is -0.349 e. The fraction of sp³-hybridized carbons (Fsp3) is 0.633. The molecule has 0 saturated heterocycles. The molecular weight excluding hydrogens is 585 g/mol. The van der Waals surface area contributed by atoms with E-state index in [2.05, 4.69) is 20.8 Å². The molecule has 3 fully saturated rings. The molecule has 2 atom stereocenters. The Kier molecular flexibility index (Phi) is 7.68. The quantitative estimate of drug-likeness (QED) is 0.266. The van der Waals surface area contributed by atoms with Crippen LogP contribution in [-0.4, -0.2) is 48.3 Å². The van der Waals surface area contributed by atoms with E-state index in [1.54, 1.807) is 29.2 Å². The lowest BCUT2D eigenvalue weighted by molar-refractivity contribution is -0.190. The van der Waals surface area contributed by atoms with Crippen LogP contribution in [0, 0.1) is 17.3 Å². The summed E-state index contributed by atoms with van der Waals surface area (Å²) in [7, 11) is 0. The van der Waals surface area contributed by atoms with Crippen LogP contribution in [0.4, 0.5) is 22.0 Å². The number of imidazole rings is 1. The molecule has 0 radical (unpaired) electrons. The maximum Gasteiger partial charge on any atom is 0.395 e. The van der Waals surface area contributed by atoms with Crippen molar-refractivity contribution >= 4 is 17.5 Å². The molecule has 3 aromatic heterocycles. The Bertz CT molecular complexity index is 1530. The summed E-state index contributed by atoms with van der Waals surface area (Å²) in [5, 5.41) is 14.5. The third-order valence-electron chi connectivity index (χ3n) is 9.31. The van der Waals surface area contributed by atoms with Gasteiger partial charge < -0.3 is 10.6 Å². The number of nitrogens with zero attached hydrogens (tertiary/aromatic N) is 5. The van der Waals surface area contributed by atoms with Gasteiger partial charge in [0.05, 0.1) is 35.6 Å². The summed E-state index contributed by atoms with van der Waals surface area (Å²) < 4.78 is 71.6. The van der Waals surface area contributed by atoms with Crippen LogP contribution in [0.25, 0.3) is 5.65 Å². The Morgan fingerprint density at radius 3 is 2.30 bits per heavy atom. The largest absolute Gasteiger partial charge is 0.395 e. The van der Waals surface area contributed by atoms with E-state index in [4.69, 9.17) is 4.98 Å². The van der Waals surface area contributed by atoms with E-state index >= 15 is 0 Å². The molecule has 1 unspecified atom stereocenters. The molecule has 0 aliphatic heterocycles. The highest BCUT2D eigenvalue weighted by Gasteiger charge is 2.63. The first kappa shape index (κ1) is 30.4. The van der Waals surface area contributed by atoms with Gasteiger partial charge in [-0.1, -0.05) is 0 Å². The normalized spacial score (nSPS) is 21.3. The molecule has 3 heterocycles. The van der Waals surface area contributed by atoms with Crippen LogP contribution >= 0.6 is 0 Å². The highest BCUT2D eigenvalue weighted by Crippen LogP contribution is 2.60. The van der Waals surface area contributed by atoms with Crippen molar-refractivity contribution in [2.24, 2.45) is 17.3 Å². The highest BCUT2D eigenvalue weighted by atomic mass is 19.4. The van der Waals surface area contributed by atoms with Gasteiger partial charge in [0.2, 0.25) is 11.8 Å². The summed E-state index contributed by atoms with van der Waals surface area (Å²) in [6, 6.07) is 2.09. The van der Waals surface area contributed by atoms with Crippen LogP contribution in [0.3, 0.4) is 0 Å². The van der Waals surface area contributed by atoms with Gasteiger partial charge in [-0.2, -0.15) is 23.4 Å². The van der Waals surface area contributed by atoms with Crippen LogP contribution in [0.5, 0.6) is 0 Å². The number of hydrogen-bond acceptors (Lipinski definition) is 5. The van der Waals surface area contributed by atoms with Crippen LogP contribution in [0.15, 0.2) is 30.7 Å². The van der Waals surface area contributed by atoms with Crippen molar-refractivity contribution in [2.75, 3.05) is 0 Å². The van der Waals surface area contributed by atoms with Crippen molar-refractivity contribution in [1.29, 1.82) is 0 Å². The van der Waals surface area contributed by atoms with Gasteiger partial charge in [-0.05, 0) is 81.9 Å². The SMILES string of the molecule is CC(C)n1nccc1C(=O)N[C@H](c1cn2ncc(C(NC(=O)CC3(C(F)(F)F)CC3)C3CC3)cc2n1)C1CCC(F)(F)CC1. The zero-order valence-electron chi connectivity index (χ0n) is 24.6. The first-order valence-corrected chi connectivity index (χ1v) is 15.2. The molecule has 3 aliphatic rings. The topological polar surface area (TPSA) is 106 Å². The number of amides is 2. The van der Waals surface area contributed by atoms with Gasteiger partial charge in [-0.15, -0.1) is 0 Å². The minimum absolute atomic E-state index is 0.0431. The Labute approximate surface area is 251 Å². The molecule has 0 aromatic carbocycles. The lowest BCUT2D eigenvalue weighted by Crippen LogP contribution is -2.38. The summed E-state index contributed by atoms with van der Waals surface area (Å²) >= 11 is 0. The molecule has 238 valence electrons. The summed E-state index contributed by atoms with van der Waals surface area (Å²) in [6.07, 6.45) is 1.12. The van der Waals surface area contributed by atoms with E-state index in [9.17, 15) is 31.5 Å². The number of rotatable bonds is 10. The number of carbonyl (C=O) groups is 2. The van der Waals surface area contributed by atoms with E-state index in [1.807, 2.05) is 13.8 Å². The number of alkyl halides is 5. The predicted octanol–water partition coefficient (Wildman–Crippen LogP) is 6.10. The molecule has 0 bridgehead atoms. The van der Waals surface area contributed by atoms with Gasteiger partial charge in [0, 0.05) is 31.5 Å². The lowest BCUT2D eigenvalue weighted by Gasteiger charge is -2.33. The average molecular weight is 622 g/mol. The molecule has 3 saturated carbocycles. The second kappa shape index (κ2) is 11.1. The number of aromatic nitrogens is 5. The van der Waals surface area contributed by atoms with Gasteiger partial charge in [-0.3, -0.25) is 14.3 Å². The van der Waals surface area contributed by atoms with Crippen molar-refractivity contribution in [3.8, 4) is 0 Å². The predicted molar refractivity (Wildman–Crippen MR) is 149 cm³/mol. The number of halogens is 5. The molecular formula is C30H36F5N7O2. The van der Waals surface area contributed by atoms with Crippen molar-refractivity contribution in [3.63, 3.8) is 0 Å². The first-order chi connectivity index (χ1) is 20.8. The number of nitrogens with one attached hydrogen (secondary N) is 2. The summed E-state index contributed by atoms with van der Waals surface area (Å²) in [5.41, 5.74) is -0.0839. The molecule has 6 rings (SSSR count). The second-order valence-electron chi connectivity index (χ2n) is 13.0. The fourth-order valence-electron chi connectivity index (χ4n) is 6.33. The fourth-order valence-corrected chi connectivity index (χ4v) is 6.33. The Balaban J connectivity index is 1.25. The van der Waals surface area contributed by atoms with Crippen molar-refractivity contribution < 1.29 is 31.5 Å². The molecule has 14 heteroatoms. The molecule has 9 nitrogen and oxygen atoms in total. The van der Waals surface area contributed by atoms with E-state index in [0.717, 1.165) is 12.8 Å². The van der Waals surface area contributed by atoms with Crippen molar-refractivity contribution in [3.05, 3.63) is 47.7 Å². The second-order valence-corrected chi connectivity index (χ2v) is 13.0. The van der Waals surface area contributed by atoms with Crippen LogP contribution in [0.2, 0.25) is 0 Å². The van der Waals surface area contributed by atoms with E-state index in [1.165, 1.54) is 10.7 Å². The molecule has 2 amide bonds. The number of fused-ring (bicyclic) bond motifs is 1. The standard InChI is InChI=1S/C30H36F5N7O2/c1-17(2)42-22(7-12-36-42)27(44)40-26(19-5-8-29(31,32)9-6-19)21-16-41-23(38-21)13-20(15-37-41)25(18-3-4-18)39-24(43)14-28(10-11-28)30(33,34)35/h7,12-13,15-19,25-26H,3-6,8-11,14H2,1-2H3,(H,39,43)(H,40,44)/t25?,26-/m0/s1. The van der Waals surface area contributed by atoms with Crippen LogP contribution in [-0.2, 0) is 4.79 Å². The van der Waals surface area contributed by atoms with Gasteiger partial charge in [-0.25, -0.2) is 18.3 Å². The summed E-state index contributed by atoms with van der Waals surface area (Å²) in [6.45, 7) is 3.79. The monoisotopic (exact) mass is 621 g/mol. The number of hydrogen-bond donors (Lipinski definition) is 2. The van der Waals surface area contributed by atoms with E-state index < -0.39 is 47.8 Å². The third-order valence-corrected chi connectivity index (χ3v) is 9.31.